The molecule has 1 aliphatic rings. The lowest BCUT2D eigenvalue weighted by atomic mass is 9.34. The van der Waals surface area contributed by atoms with Gasteiger partial charge < -0.3 is 9.64 Å². The monoisotopic (exact) mass is 901 g/mol. The lowest BCUT2D eigenvalue weighted by Gasteiger charge is -2.30. The second-order valence-electron chi connectivity index (χ2n) is 19.7. The number of benzene rings is 11. The molecule has 0 saturated carbocycles. The van der Waals surface area contributed by atoms with Gasteiger partial charge in [-0.1, -0.05) is 228 Å². The molecular formula is C65H52BNOSi. The number of fused-ring (bicyclic) bond motifs is 6. The van der Waals surface area contributed by atoms with Crippen LogP contribution in [0.25, 0.3) is 65.7 Å². The molecular weight excluding hydrogens is 850 g/mol. The number of anilines is 3. The molecule has 0 atom stereocenters. The van der Waals surface area contributed by atoms with Crippen LogP contribution in [-0.2, 0) is 0 Å². The van der Waals surface area contributed by atoms with E-state index in [9.17, 15) is 0 Å². The summed E-state index contributed by atoms with van der Waals surface area (Å²) in [6.07, 6.45) is 0. The zero-order valence-electron chi connectivity index (χ0n) is 39.8. The molecule has 0 bridgehead atoms. The maximum Gasteiger partial charge on any atom is 0.243 e. The van der Waals surface area contributed by atoms with E-state index >= 15 is 0 Å². The van der Waals surface area contributed by atoms with Gasteiger partial charge in [-0.3, -0.25) is 0 Å². The van der Waals surface area contributed by atoms with E-state index in [4.69, 9.17) is 4.74 Å². The quantitative estimate of drug-likeness (QED) is 0.106. The summed E-state index contributed by atoms with van der Waals surface area (Å²) in [5, 5.41) is 8.75. The number of hydrogen-bond donors (Lipinski definition) is 0. The number of aryl methyl sites for hydroxylation is 2. The van der Waals surface area contributed by atoms with E-state index in [0.717, 1.165) is 39.5 Å². The predicted molar refractivity (Wildman–Crippen MR) is 300 cm³/mol. The fourth-order valence-electron chi connectivity index (χ4n) is 11.1. The first-order valence-corrected chi connectivity index (χ1v) is 27.7. The van der Waals surface area contributed by atoms with E-state index in [1.54, 1.807) is 0 Å². The molecule has 0 amide bonds. The highest BCUT2D eigenvalue weighted by molar-refractivity contribution is 6.98. The van der Waals surface area contributed by atoms with Crippen molar-refractivity contribution < 1.29 is 4.74 Å². The van der Waals surface area contributed by atoms with Gasteiger partial charge in [0.1, 0.15) is 11.5 Å². The molecule has 2 nitrogen and oxygen atoms in total. The Labute approximate surface area is 407 Å². The zero-order valence-corrected chi connectivity index (χ0v) is 40.8. The minimum atomic E-state index is -1.53. The molecule has 12 rings (SSSR count). The van der Waals surface area contributed by atoms with Crippen LogP contribution in [0.3, 0.4) is 0 Å². The average molecular weight is 902 g/mol. The fraction of sp³-hybridized carbons (Fsp3) is 0.0769. The third-order valence-corrected chi connectivity index (χ3v) is 16.5. The Balaban J connectivity index is 1.07. The van der Waals surface area contributed by atoms with Gasteiger partial charge in [0.2, 0.25) is 6.71 Å². The van der Waals surface area contributed by atoms with E-state index in [2.05, 4.69) is 263 Å². The number of hydrogen-bond acceptors (Lipinski definition) is 2. The SMILES string of the molecule is Cc1cccc(C)c1B(c1ccccc1-c1ccccc1)c1cc2c3cccc4c3c(cc2c2ccccc12)-c1ccc(N(c2ccc([Si](C)(C)C)cc2)c2ccccc2-c2ccccc2)cc1O4. The van der Waals surface area contributed by atoms with Gasteiger partial charge in [-0.2, -0.15) is 0 Å². The van der Waals surface area contributed by atoms with Gasteiger partial charge in [-0.15, -0.1) is 0 Å². The zero-order chi connectivity index (χ0) is 46.8. The summed E-state index contributed by atoms with van der Waals surface area (Å²) in [6.45, 7) is 11.7. The van der Waals surface area contributed by atoms with Crippen LogP contribution in [0.4, 0.5) is 17.1 Å². The lowest BCUT2D eigenvalue weighted by Crippen LogP contribution is -2.54. The van der Waals surface area contributed by atoms with Crippen molar-refractivity contribution in [2.75, 3.05) is 4.90 Å². The van der Waals surface area contributed by atoms with Crippen LogP contribution in [0.5, 0.6) is 11.5 Å². The molecule has 1 heterocycles. The first kappa shape index (κ1) is 42.4. The van der Waals surface area contributed by atoms with E-state index in [0.29, 0.717) is 0 Å². The number of nitrogens with zero attached hydrogens (tertiary/aromatic N) is 1. The molecule has 0 aromatic heterocycles. The topological polar surface area (TPSA) is 12.5 Å². The summed E-state index contributed by atoms with van der Waals surface area (Å²) >= 11 is 0. The summed E-state index contributed by atoms with van der Waals surface area (Å²) in [5.74, 6) is 1.72. The molecule has 330 valence electrons. The Morgan fingerprint density at radius 1 is 0.391 bits per heavy atom. The van der Waals surface area contributed by atoms with Crippen LogP contribution in [0.2, 0.25) is 19.6 Å². The Morgan fingerprint density at radius 3 is 1.70 bits per heavy atom. The van der Waals surface area contributed by atoms with Gasteiger partial charge in [0, 0.05) is 34.0 Å². The molecule has 0 aliphatic carbocycles. The highest BCUT2D eigenvalue weighted by atomic mass is 28.3. The average Bonchev–Trinajstić information content (AvgIpc) is 3.38. The van der Waals surface area contributed by atoms with Crippen molar-refractivity contribution in [3.05, 3.63) is 236 Å². The second kappa shape index (κ2) is 17.0. The van der Waals surface area contributed by atoms with Gasteiger partial charge in [-0.25, -0.2) is 0 Å². The van der Waals surface area contributed by atoms with Crippen LogP contribution in [0.15, 0.2) is 224 Å². The highest BCUT2D eigenvalue weighted by Gasteiger charge is 2.31. The molecule has 0 saturated heterocycles. The molecule has 0 fully saturated rings. The van der Waals surface area contributed by atoms with Crippen molar-refractivity contribution in [1.82, 2.24) is 0 Å². The molecule has 11 aromatic carbocycles. The molecule has 0 N–H and O–H groups in total. The van der Waals surface area contributed by atoms with Crippen molar-refractivity contribution in [2.45, 2.75) is 33.5 Å². The van der Waals surface area contributed by atoms with E-state index in [-0.39, 0.29) is 6.71 Å². The number of ether oxygens (including phenoxy) is 1. The maximum absolute atomic E-state index is 7.12. The van der Waals surface area contributed by atoms with Crippen molar-refractivity contribution >= 4 is 85.7 Å². The molecule has 11 aromatic rings. The Hall–Kier alpha value is -7.92. The molecule has 0 radical (unpaired) electrons. The summed E-state index contributed by atoms with van der Waals surface area (Å²) < 4.78 is 7.12. The first-order valence-electron chi connectivity index (χ1n) is 24.2. The molecule has 4 heteroatoms. The lowest BCUT2D eigenvalue weighted by molar-refractivity contribution is 0.487. The summed E-state index contributed by atoms with van der Waals surface area (Å²) in [5.41, 5.74) is 16.9. The standard InChI is InChI=1S/C65H52BNOSi/c1-43-20-18-21-44(2)65(43)66(59-31-16-14-26-50(59)45-22-8-6-9-23-45)60-42-57-55-30-19-33-62-64(55)58(41-56(57)52-28-12-13-29-53(52)60)54-39-36-48(40-63(54)68-62)67(47-34-37-49(38-35-47)69(3,4)5)61-32-17-15-27-51(61)46-24-10-7-11-25-46/h6-42H,1-5H3. The molecule has 0 unspecified atom stereocenters. The molecule has 69 heavy (non-hydrogen) atoms. The molecule has 1 aliphatic heterocycles. The van der Waals surface area contributed by atoms with Crippen molar-refractivity contribution in [3.8, 4) is 44.9 Å². The second-order valence-corrected chi connectivity index (χ2v) is 24.8. The van der Waals surface area contributed by atoms with Crippen molar-refractivity contribution in [2.24, 2.45) is 0 Å². The van der Waals surface area contributed by atoms with E-state index in [1.165, 1.54) is 87.5 Å². The fourth-order valence-corrected chi connectivity index (χ4v) is 12.3. The van der Waals surface area contributed by atoms with Crippen LogP contribution in [-0.4, -0.2) is 14.8 Å². The minimum Gasteiger partial charge on any atom is -0.456 e. The Bertz CT molecular complexity index is 3740. The summed E-state index contributed by atoms with van der Waals surface area (Å²) in [4.78, 5) is 2.40. The number of para-hydroxylation sites is 1. The minimum absolute atomic E-state index is 0.0279. The van der Waals surface area contributed by atoms with Gasteiger partial charge >= 0.3 is 0 Å². The third-order valence-electron chi connectivity index (χ3n) is 14.4. The van der Waals surface area contributed by atoms with Crippen LogP contribution < -0.4 is 31.2 Å². The molecule has 0 spiro atoms. The smallest absolute Gasteiger partial charge is 0.243 e. The summed E-state index contributed by atoms with van der Waals surface area (Å²) in [7, 11) is -1.53. The van der Waals surface area contributed by atoms with Crippen molar-refractivity contribution in [1.29, 1.82) is 0 Å². The van der Waals surface area contributed by atoms with Crippen LogP contribution >= 0.6 is 0 Å². The predicted octanol–water partition coefficient (Wildman–Crippen LogP) is 15.4. The third kappa shape index (κ3) is 7.35. The van der Waals surface area contributed by atoms with Crippen molar-refractivity contribution in [3.63, 3.8) is 0 Å². The summed E-state index contributed by atoms with van der Waals surface area (Å²) in [6, 6.07) is 82.8. The van der Waals surface area contributed by atoms with Gasteiger partial charge in [0.25, 0.3) is 0 Å². The van der Waals surface area contributed by atoms with Gasteiger partial charge in [0.05, 0.1) is 13.8 Å². The Kier molecular flexibility index (Phi) is 10.5. The van der Waals surface area contributed by atoms with Gasteiger partial charge in [0.15, 0.2) is 0 Å². The first-order chi connectivity index (χ1) is 33.7. The van der Waals surface area contributed by atoms with Crippen LogP contribution in [0.1, 0.15) is 11.1 Å². The van der Waals surface area contributed by atoms with Crippen LogP contribution in [0, 0.1) is 13.8 Å². The van der Waals surface area contributed by atoms with Gasteiger partial charge in [-0.05, 0) is 105 Å². The maximum atomic E-state index is 7.12. The number of rotatable bonds is 9. The largest absolute Gasteiger partial charge is 0.456 e. The van der Waals surface area contributed by atoms with E-state index in [1.807, 2.05) is 0 Å². The van der Waals surface area contributed by atoms with E-state index < -0.39 is 8.07 Å². The normalized spacial score (nSPS) is 12.0. The Morgan fingerprint density at radius 2 is 0.971 bits per heavy atom. The highest BCUT2D eigenvalue weighted by Crippen LogP contribution is 2.51.